The summed E-state index contributed by atoms with van der Waals surface area (Å²) in [5.41, 5.74) is 0. The zero-order valence-electron chi connectivity index (χ0n) is 14.8. The molecule has 2 aliphatic heterocycles. The largest absolute Gasteiger partial charge is 0.356 e. The number of likely N-dealkylation sites (N-methyl/N-ethyl adjacent to an activating group) is 1. The second kappa shape index (κ2) is 7.83. The highest BCUT2D eigenvalue weighted by Crippen LogP contribution is 2.18. The van der Waals surface area contributed by atoms with Gasteiger partial charge in [0.2, 0.25) is 0 Å². The van der Waals surface area contributed by atoms with E-state index < -0.39 is 0 Å². The van der Waals surface area contributed by atoms with Gasteiger partial charge in [0.05, 0.1) is 0 Å². The summed E-state index contributed by atoms with van der Waals surface area (Å²) in [6.07, 6.45) is 6.06. The molecule has 2 saturated heterocycles. The molecule has 6 nitrogen and oxygen atoms in total. The topological polar surface area (TPSA) is 51.7 Å². The maximum Gasteiger partial charge on any atom is 0.317 e. The van der Waals surface area contributed by atoms with Crippen LogP contribution in [0.3, 0.4) is 0 Å². The predicted octanol–water partition coefficient (Wildman–Crippen LogP) is 1.79. The van der Waals surface area contributed by atoms with Gasteiger partial charge in [-0.05, 0) is 51.9 Å². The van der Waals surface area contributed by atoms with E-state index in [-0.39, 0.29) is 12.1 Å². The number of urea groups is 1. The third-order valence-corrected chi connectivity index (χ3v) is 5.21. The number of hydrogen-bond donors (Lipinski definition) is 1. The van der Waals surface area contributed by atoms with Crippen molar-refractivity contribution in [2.24, 2.45) is 0 Å². The molecule has 1 unspecified atom stereocenters. The van der Waals surface area contributed by atoms with Crippen molar-refractivity contribution in [3.8, 4) is 0 Å². The first-order valence-electron chi connectivity index (χ1n) is 9.01. The van der Waals surface area contributed by atoms with Gasteiger partial charge in [0.25, 0.3) is 0 Å². The molecule has 2 fully saturated rings. The molecule has 0 aliphatic carbocycles. The Labute approximate surface area is 144 Å². The molecular weight excluding hydrogens is 302 g/mol. The summed E-state index contributed by atoms with van der Waals surface area (Å²) in [6, 6.07) is 6.88. The van der Waals surface area contributed by atoms with Crippen molar-refractivity contribution < 1.29 is 4.79 Å². The summed E-state index contributed by atoms with van der Waals surface area (Å²) in [4.78, 5) is 23.5. The first kappa shape index (κ1) is 17.0. The number of anilines is 1. The van der Waals surface area contributed by atoms with E-state index in [9.17, 15) is 4.79 Å². The molecule has 1 atom stereocenters. The predicted molar refractivity (Wildman–Crippen MR) is 96.3 cm³/mol. The smallest absolute Gasteiger partial charge is 0.317 e. The third-order valence-electron chi connectivity index (χ3n) is 5.21. The van der Waals surface area contributed by atoms with Gasteiger partial charge in [-0.25, -0.2) is 9.78 Å². The lowest BCUT2D eigenvalue weighted by molar-refractivity contribution is 0.137. The van der Waals surface area contributed by atoms with Gasteiger partial charge in [0, 0.05) is 44.5 Å². The summed E-state index contributed by atoms with van der Waals surface area (Å²) < 4.78 is 0. The number of nitrogens with one attached hydrogen (secondary N) is 1. The standard InChI is InChI=1S/C18H29N5O/c1-21(2)16-6-5-11-23(14-16)18(24)20-15-8-12-22(13-9-15)17-7-3-4-10-19-17/h3-4,7,10,15-16H,5-6,8-9,11-14H2,1-2H3,(H,20,24). The van der Waals surface area contributed by atoms with Crippen LogP contribution in [0.25, 0.3) is 0 Å². The number of carbonyl (C=O) groups excluding carboxylic acids is 1. The lowest BCUT2D eigenvalue weighted by Gasteiger charge is -2.38. The van der Waals surface area contributed by atoms with Crippen LogP contribution in [-0.4, -0.2) is 73.2 Å². The van der Waals surface area contributed by atoms with Crippen LogP contribution in [0.1, 0.15) is 25.7 Å². The number of hydrogen-bond acceptors (Lipinski definition) is 4. The van der Waals surface area contributed by atoms with Crippen LogP contribution in [-0.2, 0) is 0 Å². The highest BCUT2D eigenvalue weighted by atomic mass is 16.2. The van der Waals surface area contributed by atoms with E-state index in [1.54, 1.807) is 0 Å². The molecule has 2 aliphatic rings. The first-order valence-corrected chi connectivity index (χ1v) is 9.01. The SMILES string of the molecule is CN(C)C1CCCN(C(=O)NC2CCN(c3ccccn3)CC2)C1. The summed E-state index contributed by atoms with van der Waals surface area (Å²) in [6.45, 7) is 3.61. The molecule has 0 aromatic carbocycles. The number of amides is 2. The van der Waals surface area contributed by atoms with Crippen LogP contribution >= 0.6 is 0 Å². The lowest BCUT2D eigenvalue weighted by Crippen LogP contribution is -2.54. The van der Waals surface area contributed by atoms with Crippen molar-refractivity contribution >= 4 is 11.8 Å². The molecule has 6 heteroatoms. The molecular formula is C18H29N5O. The zero-order chi connectivity index (χ0) is 16.9. The lowest BCUT2D eigenvalue weighted by atomic mass is 10.0. The number of nitrogens with zero attached hydrogens (tertiary/aromatic N) is 4. The van der Waals surface area contributed by atoms with Crippen molar-refractivity contribution in [3.63, 3.8) is 0 Å². The molecule has 0 saturated carbocycles. The number of likely N-dealkylation sites (tertiary alicyclic amines) is 1. The average Bonchev–Trinajstić information content (AvgIpc) is 2.63. The maximum atomic E-state index is 12.6. The van der Waals surface area contributed by atoms with Gasteiger partial charge < -0.3 is 20.0 Å². The Morgan fingerprint density at radius 2 is 2.00 bits per heavy atom. The van der Waals surface area contributed by atoms with Crippen LogP contribution in [0.5, 0.6) is 0 Å². The van der Waals surface area contributed by atoms with Crippen LogP contribution in [0.15, 0.2) is 24.4 Å². The molecule has 1 aromatic rings. The van der Waals surface area contributed by atoms with Crippen LogP contribution in [0.4, 0.5) is 10.6 Å². The molecule has 24 heavy (non-hydrogen) atoms. The molecule has 1 N–H and O–H groups in total. The summed E-state index contributed by atoms with van der Waals surface area (Å²) in [5.74, 6) is 1.03. The molecule has 0 bridgehead atoms. The van der Waals surface area contributed by atoms with E-state index in [0.717, 1.165) is 51.3 Å². The Balaban J connectivity index is 1.46. The second-order valence-electron chi connectivity index (χ2n) is 7.10. The third kappa shape index (κ3) is 4.17. The fourth-order valence-electron chi connectivity index (χ4n) is 3.62. The summed E-state index contributed by atoms with van der Waals surface area (Å²) >= 11 is 0. The normalized spacial score (nSPS) is 22.7. The van der Waals surface area contributed by atoms with Crippen LogP contribution < -0.4 is 10.2 Å². The fraction of sp³-hybridized carbons (Fsp3) is 0.667. The highest BCUT2D eigenvalue weighted by Gasteiger charge is 2.27. The molecule has 3 rings (SSSR count). The number of carbonyl (C=O) groups is 1. The quantitative estimate of drug-likeness (QED) is 0.917. The highest BCUT2D eigenvalue weighted by molar-refractivity contribution is 5.74. The molecule has 1 aromatic heterocycles. The Morgan fingerprint density at radius 1 is 1.21 bits per heavy atom. The van der Waals surface area contributed by atoms with Gasteiger partial charge >= 0.3 is 6.03 Å². The molecule has 0 radical (unpaired) electrons. The second-order valence-corrected chi connectivity index (χ2v) is 7.10. The van der Waals surface area contributed by atoms with E-state index in [2.05, 4.69) is 34.2 Å². The molecule has 2 amide bonds. The average molecular weight is 331 g/mol. The molecule has 0 spiro atoms. The number of pyridine rings is 1. The van der Waals surface area contributed by atoms with Crippen molar-refractivity contribution in [1.82, 2.24) is 20.1 Å². The van der Waals surface area contributed by atoms with Crippen molar-refractivity contribution in [3.05, 3.63) is 24.4 Å². The van der Waals surface area contributed by atoms with Gasteiger partial charge in [-0.1, -0.05) is 6.07 Å². The first-order chi connectivity index (χ1) is 11.6. The van der Waals surface area contributed by atoms with E-state index in [0.29, 0.717) is 6.04 Å². The van der Waals surface area contributed by atoms with E-state index in [1.165, 1.54) is 6.42 Å². The zero-order valence-corrected chi connectivity index (χ0v) is 14.8. The maximum absolute atomic E-state index is 12.6. The summed E-state index contributed by atoms with van der Waals surface area (Å²) in [7, 11) is 4.19. The minimum absolute atomic E-state index is 0.109. The van der Waals surface area contributed by atoms with E-state index >= 15 is 0 Å². The monoisotopic (exact) mass is 331 g/mol. The minimum atomic E-state index is 0.109. The van der Waals surface area contributed by atoms with Gasteiger partial charge in [-0.15, -0.1) is 0 Å². The number of rotatable bonds is 3. The van der Waals surface area contributed by atoms with Crippen molar-refractivity contribution in [1.29, 1.82) is 0 Å². The Hall–Kier alpha value is -1.82. The van der Waals surface area contributed by atoms with Gasteiger partial charge in [0.15, 0.2) is 0 Å². The van der Waals surface area contributed by atoms with Gasteiger partial charge in [-0.3, -0.25) is 0 Å². The Bertz CT molecular complexity index is 527. The van der Waals surface area contributed by atoms with Crippen molar-refractivity contribution in [2.75, 3.05) is 45.2 Å². The van der Waals surface area contributed by atoms with Crippen molar-refractivity contribution in [2.45, 2.75) is 37.8 Å². The Morgan fingerprint density at radius 3 is 2.67 bits per heavy atom. The molecule has 3 heterocycles. The van der Waals surface area contributed by atoms with E-state index in [1.807, 2.05) is 29.3 Å². The van der Waals surface area contributed by atoms with Crippen LogP contribution in [0.2, 0.25) is 0 Å². The van der Waals surface area contributed by atoms with Gasteiger partial charge in [0.1, 0.15) is 5.82 Å². The van der Waals surface area contributed by atoms with Gasteiger partial charge in [-0.2, -0.15) is 0 Å². The molecule has 132 valence electrons. The Kier molecular flexibility index (Phi) is 5.56. The van der Waals surface area contributed by atoms with E-state index in [4.69, 9.17) is 0 Å². The minimum Gasteiger partial charge on any atom is -0.356 e. The number of aromatic nitrogens is 1. The summed E-state index contributed by atoms with van der Waals surface area (Å²) in [5, 5.41) is 3.24. The van der Waals surface area contributed by atoms with Crippen LogP contribution in [0, 0.1) is 0 Å². The fourth-order valence-corrected chi connectivity index (χ4v) is 3.62. The number of piperidine rings is 2.